The van der Waals surface area contributed by atoms with E-state index in [4.69, 9.17) is 9.47 Å². The maximum absolute atomic E-state index is 13.1. The van der Waals surface area contributed by atoms with Crippen LogP contribution in [0.5, 0.6) is 11.5 Å². The van der Waals surface area contributed by atoms with Gasteiger partial charge in [-0.15, -0.1) is 0 Å². The summed E-state index contributed by atoms with van der Waals surface area (Å²) < 4.78 is 11.6. The van der Waals surface area contributed by atoms with Crippen molar-refractivity contribution < 1.29 is 19.1 Å². The third-order valence-corrected chi connectivity index (χ3v) is 5.86. The summed E-state index contributed by atoms with van der Waals surface area (Å²) in [5.41, 5.74) is 3.32. The lowest BCUT2D eigenvalue weighted by Crippen LogP contribution is -2.40. The average molecular weight is 423 g/mol. The van der Waals surface area contributed by atoms with Gasteiger partial charge in [-0.2, -0.15) is 0 Å². The van der Waals surface area contributed by atoms with Crippen LogP contribution >= 0.6 is 0 Å². The molecule has 0 radical (unpaired) electrons. The molecule has 0 aromatic heterocycles. The Hall–Kier alpha value is -3.02. The number of ether oxygens (including phenoxy) is 2. The molecule has 6 bridgehead atoms. The van der Waals surface area contributed by atoms with Crippen LogP contribution < -0.4 is 14.8 Å². The zero-order valence-electron chi connectivity index (χ0n) is 18.1. The molecular weight excluding hydrogens is 392 g/mol. The van der Waals surface area contributed by atoms with Crippen molar-refractivity contribution in [3.05, 3.63) is 59.2 Å². The Kier molecular flexibility index (Phi) is 6.75. The van der Waals surface area contributed by atoms with Gasteiger partial charge in [0.1, 0.15) is 11.5 Å². The lowest BCUT2D eigenvalue weighted by atomic mass is 9.87. The number of amides is 2. The average Bonchev–Trinajstić information content (AvgIpc) is 2.79. The molecule has 2 aromatic carbocycles. The second-order valence-electron chi connectivity index (χ2n) is 8.12. The van der Waals surface area contributed by atoms with Gasteiger partial charge in [0.05, 0.1) is 12.6 Å². The second kappa shape index (κ2) is 9.86. The molecule has 164 valence electrons. The molecule has 0 aliphatic carbocycles. The number of fused-ring (bicyclic) bond motifs is 8. The van der Waals surface area contributed by atoms with E-state index in [1.165, 1.54) is 0 Å². The van der Waals surface area contributed by atoms with Crippen LogP contribution in [0.1, 0.15) is 55.3 Å². The minimum atomic E-state index is -0.151. The van der Waals surface area contributed by atoms with Gasteiger partial charge in [0, 0.05) is 19.5 Å². The van der Waals surface area contributed by atoms with Gasteiger partial charge in [0.2, 0.25) is 5.91 Å². The molecule has 0 saturated heterocycles. The first-order valence-electron chi connectivity index (χ1n) is 11.2. The number of benzene rings is 2. The molecule has 6 nitrogen and oxygen atoms in total. The number of hydrogen-bond acceptors (Lipinski definition) is 4. The number of unbranched alkanes of at least 4 members (excludes halogenated alkanes) is 1. The van der Waals surface area contributed by atoms with Crippen LogP contribution in [0.2, 0.25) is 0 Å². The summed E-state index contributed by atoms with van der Waals surface area (Å²) in [6.45, 7) is 3.80. The van der Waals surface area contributed by atoms with Crippen molar-refractivity contribution in [3.63, 3.8) is 0 Å². The van der Waals surface area contributed by atoms with E-state index in [1.54, 1.807) is 0 Å². The van der Waals surface area contributed by atoms with Crippen LogP contribution in [-0.4, -0.2) is 43.0 Å². The summed E-state index contributed by atoms with van der Waals surface area (Å²) in [6, 6.07) is 13.8. The van der Waals surface area contributed by atoms with Gasteiger partial charge >= 0.3 is 0 Å². The maximum atomic E-state index is 13.1. The number of carbonyl (C=O) groups is 2. The smallest absolute Gasteiger partial charge is 0.257 e. The topological polar surface area (TPSA) is 67.9 Å². The van der Waals surface area contributed by atoms with E-state index < -0.39 is 0 Å². The Balaban J connectivity index is 1.73. The van der Waals surface area contributed by atoms with E-state index in [0.29, 0.717) is 38.3 Å². The van der Waals surface area contributed by atoms with Crippen LogP contribution in [0.25, 0.3) is 0 Å². The molecule has 3 aliphatic rings. The minimum absolute atomic E-state index is 0.0102. The molecule has 0 spiro atoms. The molecule has 0 saturated carbocycles. The summed E-state index contributed by atoms with van der Waals surface area (Å²) in [5.74, 6) is 1.51. The maximum Gasteiger partial charge on any atom is 0.257 e. The molecule has 0 fully saturated rings. The van der Waals surface area contributed by atoms with Gasteiger partial charge < -0.3 is 19.7 Å². The van der Waals surface area contributed by atoms with Gasteiger partial charge in [-0.05, 0) is 60.2 Å². The first-order chi connectivity index (χ1) is 15.2. The van der Waals surface area contributed by atoms with E-state index in [9.17, 15) is 9.59 Å². The molecule has 1 N–H and O–H groups in total. The number of rotatable bonds is 3. The highest BCUT2D eigenvalue weighted by Crippen LogP contribution is 2.38. The van der Waals surface area contributed by atoms with Gasteiger partial charge in [0.15, 0.2) is 6.61 Å². The molecular formula is C25H30N2O4. The standard InChI is InChI=1S/C25H30N2O4/c1-2-3-8-24(29)27-13-11-18-15-21-9-10-22(18)25(27)19-6-4-7-20(16-19)30-14-5-12-26-23(28)17-31-21/h4,6-7,9-10,15-16,25H,2-3,5,8,11-14,17H2,1H3,(H,26,28). The molecule has 6 heteroatoms. The van der Waals surface area contributed by atoms with Crippen LogP contribution in [0.4, 0.5) is 0 Å². The van der Waals surface area contributed by atoms with E-state index in [1.807, 2.05) is 41.3 Å². The Morgan fingerprint density at radius 3 is 2.90 bits per heavy atom. The summed E-state index contributed by atoms with van der Waals surface area (Å²) in [6.07, 6.45) is 3.93. The highest BCUT2D eigenvalue weighted by Gasteiger charge is 2.32. The van der Waals surface area contributed by atoms with Gasteiger partial charge in [-0.1, -0.05) is 31.5 Å². The normalized spacial score (nSPS) is 18.7. The van der Waals surface area contributed by atoms with Gasteiger partial charge in [0.25, 0.3) is 5.91 Å². The zero-order valence-corrected chi connectivity index (χ0v) is 18.1. The van der Waals surface area contributed by atoms with Crippen molar-refractivity contribution in [2.24, 2.45) is 0 Å². The quantitative estimate of drug-likeness (QED) is 0.820. The monoisotopic (exact) mass is 422 g/mol. The molecule has 3 heterocycles. The molecule has 31 heavy (non-hydrogen) atoms. The fraction of sp³-hybridized carbons (Fsp3) is 0.440. The van der Waals surface area contributed by atoms with Crippen molar-refractivity contribution in [2.45, 2.75) is 45.1 Å². The summed E-state index contributed by atoms with van der Waals surface area (Å²) in [5, 5.41) is 2.86. The highest BCUT2D eigenvalue weighted by atomic mass is 16.5. The number of hydrogen-bond donors (Lipinski definition) is 1. The van der Waals surface area contributed by atoms with Crippen LogP contribution in [-0.2, 0) is 16.0 Å². The molecule has 2 amide bonds. The Bertz CT molecular complexity index is 943. The largest absolute Gasteiger partial charge is 0.494 e. The predicted octanol–water partition coefficient (Wildman–Crippen LogP) is 3.63. The van der Waals surface area contributed by atoms with Gasteiger partial charge in [-0.25, -0.2) is 0 Å². The molecule has 2 aromatic rings. The SMILES string of the molecule is CCCCC(=O)N1CCc2cc3ccc2C1c1cccc(c1)OCCCNC(=O)CO3. The van der Waals surface area contributed by atoms with E-state index in [0.717, 1.165) is 41.7 Å². The Morgan fingerprint density at radius 2 is 2.03 bits per heavy atom. The van der Waals surface area contributed by atoms with Gasteiger partial charge in [-0.3, -0.25) is 9.59 Å². The third kappa shape index (κ3) is 5.01. The zero-order chi connectivity index (χ0) is 21.6. The van der Waals surface area contributed by atoms with Crippen molar-refractivity contribution in [1.29, 1.82) is 0 Å². The Morgan fingerprint density at radius 1 is 1.16 bits per heavy atom. The van der Waals surface area contributed by atoms with Crippen molar-refractivity contribution in [1.82, 2.24) is 10.2 Å². The first kappa shape index (κ1) is 21.2. The number of carbonyl (C=O) groups excluding carboxylic acids is 2. The Labute approximate surface area is 183 Å². The van der Waals surface area contributed by atoms with E-state index in [2.05, 4.69) is 18.3 Å². The molecule has 5 rings (SSSR count). The van der Waals surface area contributed by atoms with Crippen LogP contribution in [0.15, 0.2) is 42.5 Å². The van der Waals surface area contributed by atoms with Crippen LogP contribution in [0, 0.1) is 0 Å². The number of nitrogens with zero attached hydrogens (tertiary/aromatic N) is 1. The number of nitrogens with one attached hydrogen (secondary N) is 1. The summed E-state index contributed by atoms with van der Waals surface area (Å²) in [4.78, 5) is 27.1. The van der Waals surface area contributed by atoms with E-state index >= 15 is 0 Å². The summed E-state index contributed by atoms with van der Waals surface area (Å²) in [7, 11) is 0. The summed E-state index contributed by atoms with van der Waals surface area (Å²) >= 11 is 0. The van der Waals surface area contributed by atoms with Crippen LogP contribution in [0.3, 0.4) is 0 Å². The van der Waals surface area contributed by atoms with Crippen molar-refractivity contribution in [2.75, 3.05) is 26.3 Å². The third-order valence-electron chi connectivity index (χ3n) is 5.86. The second-order valence-corrected chi connectivity index (χ2v) is 8.12. The molecule has 1 atom stereocenters. The van der Waals surface area contributed by atoms with E-state index in [-0.39, 0.29) is 24.5 Å². The van der Waals surface area contributed by atoms with Crippen molar-refractivity contribution in [3.8, 4) is 11.5 Å². The minimum Gasteiger partial charge on any atom is -0.494 e. The fourth-order valence-electron chi connectivity index (χ4n) is 4.26. The van der Waals surface area contributed by atoms with Crippen molar-refractivity contribution >= 4 is 11.8 Å². The highest BCUT2D eigenvalue weighted by molar-refractivity contribution is 5.78. The first-order valence-corrected chi connectivity index (χ1v) is 11.2. The fourth-order valence-corrected chi connectivity index (χ4v) is 4.26. The lowest BCUT2D eigenvalue weighted by Gasteiger charge is -2.38. The predicted molar refractivity (Wildman–Crippen MR) is 118 cm³/mol. The molecule has 3 aliphatic heterocycles. The lowest BCUT2D eigenvalue weighted by molar-refractivity contribution is -0.133. The molecule has 1 unspecified atom stereocenters.